The summed E-state index contributed by atoms with van der Waals surface area (Å²) in [6, 6.07) is 16.3. The van der Waals surface area contributed by atoms with E-state index in [0.29, 0.717) is 6.54 Å². The largest absolute Gasteiger partial charge is 0.325 e. The first-order valence-electron chi connectivity index (χ1n) is 7.21. The predicted molar refractivity (Wildman–Crippen MR) is 87.4 cm³/mol. The van der Waals surface area contributed by atoms with E-state index in [1.807, 2.05) is 44.2 Å². The SMILES string of the molecule is Cc1ccc(NC(=O)CN[C@@H](C)c2ccccc2)c(C)c1. The Morgan fingerprint density at radius 3 is 2.48 bits per heavy atom. The van der Waals surface area contributed by atoms with Gasteiger partial charge in [-0.1, -0.05) is 48.0 Å². The van der Waals surface area contributed by atoms with Crippen molar-refractivity contribution in [2.75, 3.05) is 11.9 Å². The molecule has 0 heterocycles. The maximum Gasteiger partial charge on any atom is 0.238 e. The van der Waals surface area contributed by atoms with E-state index in [9.17, 15) is 4.79 Å². The van der Waals surface area contributed by atoms with Gasteiger partial charge in [0.05, 0.1) is 6.54 Å². The molecule has 0 saturated heterocycles. The molecule has 0 bridgehead atoms. The molecule has 0 fully saturated rings. The van der Waals surface area contributed by atoms with Crippen molar-refractivity contribution in [2.24, 2.45) is 0 Å². The summed E-state index contributed by atoms with van der Waals surface area (Å²) in [4.78, 5) is 12.0. The third kappa shape index (κ3) is 4.43. The highest BCUT2D eigenvalue weighted by Crippen LogP contribution is 2.16. The molecule has 2 aromatic rings. The molecule has 2 N–H and O–H groups in total. The molecule has 2 rings (SSSR count). The molecule has 1 atom stereocenters. The zero-order chi connectivity index (χ0) is 15.2. The Bertz CT molecular complexity index is 608. The van der Waals surface area contributed by atoms with Gasteiger partial charge in [-0.15, -0.1) is 0 Å². The zero-order valence-corrected chi connectivity index (χ0v) is 12.8. The summed E-state index contributed by atoms with van der Waals surface area (Å²) in [7, 11) is 0. The van der Waals surface area contributed by atoms with Crippen molar-refractivity contribution in [3.05, 3.63) is 65.2 Å². The van der Waals surface area contributed by atoms with Gasteiger partial charge in [0.15, 0.2) is 0 Å². The van der Waals surface area contributed by atoms with Gasteiger partial charge in [-0.25, -0.2) is 0 Å². The number of amides is 1. The van der Waals surface area contributed by atoms with E-state index in [0.717, 1.165) is 11.3 Å². The maximum absolute atomic E-state index is 12.0. The molecule has 0 saturated carbocycles. The smallest absolute Gasteiger partial charge is 0.238 e. The number of hydrogen-bond acceptors (Lipinski definition) is 2. The van der Waals surface area contributed by atoms with Gasteiger partial charge < -0.3 is 10.6 Å². The highest BCUT2D eigenvalue weighted by Gasteiger charge is 2.08. The van der Waals surface area contributed by atoms with Crippen molar-refractivity contribution in [2.45, 2.75) is 26.8 Å². The third-order valence-electron chi connectivity index (χ3n) is 3.52. The lowest BCUT2D eigenvalue weighted by Gasteiger charge is -2.15. The first-order valence-corrected chi connectivity index (χ1v) is 7.21. The van der Waals surface area contributed by atoms with Gasteiger partial charge in [0.1, 0.15) is 0 Å². The van der Waals surface area contributed by atoms with Crippen LogP contribution in [0.1, 0.15) is 29.7 Å². The Morgan fingerprint density at radius 2 is 1.81 bits per heavy atom. The van der Waals surface area contributed by atoms with Gasteiger partial charge in [-0.05, 0) is 38.0 Å². The Balaban J connectivity index is 1.87. The summed E-state index contributed by atoms with van der Waals surface area (Å²) in [5, 5.41) is 6.18. The number of carbonyl (C=O) groups excluding carboxylic acids is 1. The zero-order valence-electron chi connectivity index (χ0n) is 12.8. The van der Waals surface area contributed by atoms with Crippen molar-refractivity contribution in [1.29, 1.82) is 0 Å². The molecule has 0 aliphatic carbocycles. The molecule has 2 aromatic carbocycles. The average Bonchev–Trinajstić information content (AvgIpc) is 2.48. The lowest BCUT2D eigenvalue weighted by atomic mass is 10.1. The fraction of sp³-hybridized carbons (Fsp3) is 0.278. The van der Waals surface area contributed by atoms with Crippen LogP contribution in [-0.2, 0) is 4.79 Å². The fourth-order valence-electron chi connectivity index (χ4n) is 2.25. The molecule has 0 aliphatic heterocycles. The molecule has 3 nitrogen and oxygen atoms in total. The molecule has 0 aliphatic rings. The summed E-state index contributed by atoms with van der Waals surface area (Å²) in [6.45, 7) is 6.40. The summed E-state index contributed by atoms with van der Waals surface area (Å²) >= 11 is 0. The van der Waals surface area contributed by atoms with Crippen LogP contribution in [0.15, 0.2) is 48.5 Å². The summed E-state index contributed by atoms with van der Waals surface area (Å²) in [6.07, 6.45) is 0. The van der Waals surface area contributed by atoms with Crippen LogP contribution in [0, 0.1) is 13.8 Å². The lowest BCUT2D eigenvalue weighted by Crippen LogP contribution is -2.30. The standard InChI is InChI=1S/C18H22N2O/c1-13-9-10-17(14(2)11-13)20-18(21)12-19-15(3)16-7-5-4-6-8-16/h4-11,15,19H,12H2,1-3H3,(H,20,21)/t15-/m0/s1. The number of rotatable bonds is 5. The summed E-state index contributed by atoms with van der Waals surface area (Å²) in [5.41, 5.74) is 4.33. The van der Waals surface area contributed by atoms with E-state index in [2.05, 4.69) is 35.8 Å². The monoisotopic (exact) mass is 282 g/mol. The summed E-state index contributed by atoms with van der Waals surface area (Å²) in [5.74, 6) is -0.0234. The van der Waals surface area contributed by atoms with Crippen LogP contribution < -0.4 is 10.6 Å². The Kier molecular flexibility index (Phi) is 5.12. The lowest BCUT2D eigenvalue weighted by molar-refractivity contribution is -0.115. The number of aryl methyl sites for hydroxylation is 2. The number of carbonyl (C=O) groups is 1. The minimum atomic E-state index is -0.0234. The van der Waals surface area contributed by atoms with Crippen molar-refractivity contribution >= 4 is 11.6 Å². The van der Waals surface area contributed by atoms with E-state index >= 15 is 0 Å². The first-order chi connectivity index (χ1) is 10.1. The van der Waals surface area contributed by atoms with Crippen molar-refractivity contribution in [3.8, 4) is 0 Å². The second kappa shape index (κ2) is 7.04. The molecule has 110 valence electrons. The normalized spacial score (nSPS) is 12.0. The van der Waals surface area contributed by atoms with Crippen LogP contribution in [0.3, 0.4) is 0 Å². The summed E-state index contributed by atoms with van der Waals surface area (Å²) < 4.78 is 0. The number of benzene rings is 2. The van der Waals surface area contributed by atoms with Crippen molar-refractivity contribution in [1.82, 2.24) is 5.32 Å². The van der Waals surface area contributed by atoms with Crippen LogP contribution in [0.25, 0.3) is 0 Å². The highest BCUT2D eigenvalue weighted by molar-refractivity contribution is 5.93. The minimum absolute atomic E-state index is 0.0234. The third-order valence-corrected chi connectivity index (χ3v) is 3.52. The van der Waals surface area contributed by atoms with Crippen LogP contribution in [0.5, 0.6) is 0 Å². The van der Waals surface area contributed by atoms with Crippen LogP contribution in [-0.4, -0.2) is 12.5 Å². The van der Waals surface area contributed by atoms with Crippen molar-refractivity contribution in [3.63, 3.8) is 0 Å². The highest BCUT2D eigenvalue weighted by atomic mass is 16.1. The molecule has 0 spiro atoms. The van der Waals surface area contributed by atoms with E-state index in [-0.39, 0.29) is 11.9 Å². The Hall–Kier alpha value is -2.13. The molecule has 0 aromatic heterocycles. The number of hydrogen-bond donors (Lipinski definition) is 2. The molecule has 3 heteroatoms. The number of anilines is 1. The van der Waals surface area contributed by atoms with Gasteiger partial charge in [0, 0.05) is 11.7 Å². The van der Waals surface area contributed by atoms with Crippen molar-refractivity contribution < 1.29 is 4.79 Å². The van der Waals surface area contributed by atoms with E-state index < -0.39 is 0 Å². The molecule has 1 amide bonds. The number of nitrogens with one attached hydrogen (secondary N) is 2. The van der Waals surface area contributed by atoms with Crippen LogP contribution in [0.4, 0.5) is 5.69 Å². The van der Waals surface area contributed by atoms with Gasteiger partial charge in [-0.3, -0.25) is 4.79 Å². The molecular formula is C18H22N2O. The molecule has 0 radical (unpaired) electrons. The second-order valence-electron chi connectivity index (χ2n) is 5.38. The van der Waals surface area contributed by atoms with Gasteiger partial charge >= 0.3 is 0 Å². The van der Waals surface area contributed by atoms with E-state index in [4.69, 9.17) is 0 Å². The van der Waals surface area contributed by atoms with E-state index in [1.54, 1.807) is 0 Å². The maximum atomic E-state index is 12.0. The van der Waals surface area contributed by atoms with Gasteiger partial charge in [0.2, 0.25) is 5.91 Å². The average molecular weight is 282 g/mol. The molecular weight excluding hydrogens is 260 g/mol. The predicted octanol–water partition coefficient (Wildman–Crippen LogP) is 3.59. The minimum Gasteiger partial charge on any atom is -0.325 e. The second-order valence-corrected chi connectivity index (χ2v) is 5.38. The molecule has 21 heavy (non-hydrogen) atoms. The first kappa shape index (κ1) is 15.3. The quantitative estimate of drug-likeness (QED) is 0.880. The van der Waals surface area contributed by atoms with Gasteiger partial charge in [0.25, 0.3) is 0 Å². The Morgan fingerprint density at radius 1 is 1.10 bits per heavy atom. The van der Waals surface area contributed by atoms with Crippen LogP contribution >= 0.6 is 0 Å². The van der Waals surface area contributed by atoms with Crippen LogP contribution in [0.2, 0.25) is 0 Å². The Labute approximate surface area is 126 Å². The molecule has 0 unspecified atom stereocenters. The van der Waals surface area contributed by atoms with E-state index in [1.165, 1.54) is 11.1 Å². The fourth-order valence-corrected chi connectivity index (χ4v) is 2.25. The topological polar surface area (TPSA) is 41.1 Å². The van der Waals surface area contributed by atoms with Gasteiger partial charge in [-0.2, -0.15) is 0 Å².